The predicted molar refractivity (Wildman–Crippen MR) is 101 cm³/mol. The Morgan fingerprint density at radius 2 is 2.00 bits per heavy atom. The third-order valence-electron chi connectivity index (χ3n) is 5.47. The first-order valence-corrected chi connectivity index (χ1v) is 9.40. The highest BCUT2D eigenvalue weighted by molar-refractivity contribution is 5.60. The summed E-state index contributed by atoms with van der Waals surface area (Å²) in [4.78, 5) is 18.8. The summed E-state index contributed by atoms with van der Waals surface area (Å²) in [5.41, 5.74) is 3.66. The number of aryl methyl sites for hydroxylation is 1. The number of anilines is 1. The second kappa shape index (κ2) is 7.08. The van der Waals surface area contributed by atoms with E-state index in [1.54, 1.807) is 0 Å². The van der Waals surface area contributed by atoms with Gasteiger partial charge >= 0.3 is 0 Å². The molecule has 1 atom stereocenters. The van der Waals surface area contributed by atoms with Crippen molar-refractivity contribution in [2.45, 2.75) is 32.1 Å². The lowest BCUT2D eigenvalue weighted by atomic mass is 9.98. The Balaban J connectivity index is 1.63. The van der Waals surface area contributed by atoms with Crippen LogP contribution in [-0.4, -0.2) is 53.6 Å². The summed E-state index contributed by atoms with van der Waals surface area (Å²) in [5, 5.41) is 0. The molecule has 0 radical (unpaired) electrons. The number of pyridine rings is 1. The van der Waals surface area contributed by atoms with E-state index in [0.29, 0.717) is 0 Å². The van der Waals surface area contributed by atoms with Crippen LogP contribution in [0.5, 0.6) is 0 Å². The number of hydrogen-bond acceptors (Lipinski definition) is 5. The van der Waals surface area contributed by atoms with Gasteiger partial charge in [-0.3, -0.25) is 4.98 Å². The van der Waals surface area contributed by atoms with Crippen molar-refractivity contribution in [3.63, 3.8) is 0 Å². The molecule has 25 heavy (non-hydrogen) atoms. The van der Waals surface area contributed by atoms with E-state index in [9.17, 15) is 0 Å². The van der Waals surface area contributed by atoms with Gasteiger partial charge in [0.05, 0.1) is 0 Å². The Hall–Kier alpha value is -2.01. The van der Waals surface area contributed by atoms with Crippen LogP contribution >= 0.6 is 0 Å². The molecule has 0 saturated carbocycles. The lowest BCUT2D eigenvalue weighted by Crippen LogP contribution is -2.38. The molecule has 1 unspecified atom stereocenters. The molecule has 0 bridgehead atoms. The van der Waals surface area contributed by atoms with Gasteiger partial charge in [-0.2, -0.15) is 0 Å². The van der Waals surface area contributed by atoms with E-state index in [4.69, 9.17) is 9.97 Å². The van der Waals surface area contributed by atoms with Crippen molar-refractivity contribution in [1.29, 1.82) is 0 Å². The third-order valence-corrected chi connectivity index (χ3v) is 5.47. The summed E-state index contributed by atoms with van der Waals surface area (Å²) in [6, 6.07) is 3.99. The van der Waals surface area contributed by atoms with Gasteiger partial charge in [-0.15, -0.1) is 0 Å². The molecule has 1 aliphatic heterocycles. The highest BCUT2D eigenvalue weighted by atomic mass is 15.2. The zero-order valence-corrected chi connectivity index (χ0v) is 15.3. The van der Waals surface area contributed by atoms with Crippen molar-refractivity contribution >= 4 is 5.82 Å². The smallest absolute Gasteiger partial charge is 0.161 e. The van der Waals surface area contributed by atoms with Crippen LogP contribution in [0.25, 0.3) is 11.4 Å². The van der Waals surface area contributed by atoms with Crippen LogP contribution < -0.4 is 4.90 Å². The van der Waals surface area contributed by atoms with Gasteiger partial charge in [-0.25, -0.2) is 9.97 Å². The fourth-order valence-electron chi connectivity index (χ4n) is 4.25. The van der Waals surface area contributed by atoms with Gasteiger partial charge in [-0.1, -0.05) is 0 Å². The molecule has 1 fully saturated rings. The lowest BCUT2D eigenvalue weighted by molar-refractivity contribution is 0.213. The Morgan fingerprint density at radius 1 is 1.16 bits per heavy atom. The standard InChI is InChI=1S/C20H27N5/c1-24-12-4-5-15(13-24)14-25(2)20-17-6-3-7-18(17)22-19(23-20)16-8-10-21-11-9-16/h8-11,15H,3-7,12-14H2,1-2H3. The second-order valence-electron chi connectivity index (χ2n) is 7.54. The minimum Gasteiger partial charge on any atom is -0.359 e. The number of fused-ring (bicyclic) bond motifs is 1. The number of rotatable bonds is 4. The van der Waals surface area contributed by atoms with Gasteiger partial charge in [0.1, 0.15) is 5.82 Å². The molecule has 0 aromatic carbocycles. The van der Waals surface area contributed by atoms with Crippen LogP contribution in [0.2, 0.25) is 0 Å². The molecule has 0 spiro atoms. The Labute approximate surface area is 150 Å². The van der Waals surface area contributed by atoms with Gasteiger partial charge in [0.2, 0.25) is 0 Å². The molecule has 0 amide bonds. The average Bonchev–Trinajstić information content (AvgIpc) is 3.10. The molecule has 1 aliphatic carbocycles. The molecule has 4 rings (SSSR count). The fourth-order valence-corrected chi connectivity index (χ4v) is 4.25. The van der Waals surface area contributed by atoms with Gasteiger partial charge in [-0.05, 0) is 63.7 Å². The molecular weight excluding hydrogens is 310 g/mol. The largest absolute Gasteiger partial charge is 0.359 e. The quantitative estimate of drug-likeness (QED) is 0.858. The molecule has 5 nitrogen and oxygen atoms in total. The Bertz CT molecular complexity index is 730. The summed E-state index contributed by atoms with van der Waals surface area (Å²) in [6.45, 7) is 3.49. The summed E-state index contributed by atoms with van der Waals surface area (Å²) >= 11 is 0. The van der Waals surface area contributed by atoms with Crippen molar-refractivity contribution in [3.8, 4) is 11.4 Å². The molecule has 0 N–H and O–H groups in total. The second-order valence-corrected chi connectivity index (χ2v) is 7.54. The number of hydrogen-bond donors (Lipinski definition) is 0. The van der Waals surface area contributed by atoms with Crippen LogP contribution in [0.1, 0.15) is 30.5 Å². The number of likely N-dealkylation sites (tertiary alicyclic amines) is 1. The van der Waals surface area contributed by atoms with Crippen LogP contribution in [-0.2, 0) is 12.8 Å². The van der Waals surface area contributed by atoms with Crippen LogP contribution in [0, 0.1) is 5.92 Å². The van der Waals surface area contributed by atoms with E-state index in [-0.39, 0.29) is 0 Å². The van der Waals surface area contributed by atoms with Gasteiger partial charge in [0.15, 0.2) is 5.82 Å². The number of piperidine rings is 1. The summed E-state index contributed by atoms with van der Waals surface area (Å²) < 4.78 is 0. The topological polar surface area (TPSA) is 45.2 Å². The SMILES string of the molecule is CN1CCCC(CN(C)c2nc(-c3ccncc3)nc3c2CCC3)C1. The summed E-state index contributed by atoms with van der Waals surface area (Å²) in [7, 11) is 4.43. The molecular formula is C20H27N5. The van der Waals surface area contributed by atoms with Crippen LogP contribution in [0.3, 0.4) is 0 Å². The minimum atomic E-state index is 0.722. The van der Waals surface area contributed by atoms with Crippen molar-refractivity contribution in [2.24, 2.45) is 5.92 Å². The molecule has 2 aromatic heterocycles. The normalized spacial score (nSPS) is 20.5. The van der Waals surface area contributed by atoms with Crippen molar-refractivity contribution in [3.05, 3.63) is 35.8 Å². The monoisotopic (exact) mass is 337 g/mol. The van der Waals surface area contributed by atoms with E-state index in [0.717, 1.165) is 42.5 Å². The van der Waals surface area contributed by atoms with Crippen molar-refractivity contribution < 1.29 is 0 Å². The van der Waals surface area contributed by atoms with E-state index >= 15 is 0 Å². The first kappa shape index (κ1) is 16.5. The van der Waals surface area contributed by atoms with Crippen LogP contribution in [0.15, 0.2) is 24.5 Å². The number of nitrogens with zero attached hydrogens (tertiary/aromatic N) is 5. The first-order valence-electron chi connectivity index (χ1n) is 9.40. The van der Waals surface area contributed by atoms with Gasteiger partial charge in [0.25, 0.3) is 0 Å². The summed E-state index contributed by atoms with van der Waals surface area (Å²) in [5.74, 6) is 2.70. The number of aromatic nitrogens is 3. The first-order chi connectivity index (χ1) is 12.2. The lowest BCUT2D eigenvalue weighted by Gasteiger charge is -2.33. The maximum Gasteiger partial charge on any atom is 0.161 e. The third kappa shape index (κ3) is 3.52. The van der Waals surface area contributed by atoms with E-state index in [1.165, 1.54) is 43.6 Å². The van der Waals surface area contributed by atoms with E-state index < -0.39 is 0 Å². The molecule has 1 saturated heterocycles. The highest BCUT2D eigenvalue weighted by Crippen LogP contribution is 2.31. The fraction of sp³-hybridized carbons (Fsp3) is 0.550. The van der Waals surface area contributed by atoms with Gasteiger partial charge < -0.3 is 9.80 Å². The highest BCUT2D eigenvalue weighted by Gasteiger charge is 2.25. The average molecular weight is 337 g/mol. The summed E-state index contributed by atoms with van der Waals surface area (Å²) in [6.07, 6.45) is 9.62. The Kier molecular flexibility index (Phi) is 4.66. The maximum absolute atomic E-state index is 4.97. The predicted octanol–water partition coefficient (Wildman–Crippen LogP) is 2.81. The Morgan fingerprint density at radius 3 is 2.80 bits per heavy atom. The van der Waals surface area contributed by atoms with Crippen LogP contribution in [0.4, 0.5) is 5.82 Å². The zero-order chi connectivity index (χ0) is 17.2. The molecule has 3 heterocycles. The molecule has 2 aliphatic rings. The van der Waals surface area contributed by atoms with E-state index in [1.807, 2.05) is 24.5 Å². The van der Waals surface area contributed by atoms with Gasteiger partial charge in [0, 0.05) is 49.4 Å². The zero-order valence-electron chi connectivity index (χ0n) is 15.3. The van der Waals surface area contributed by atoms with E-state index in [2.05, 4.69) is 28.9 Å². The molecule has 2 aromatic rings. The molecule has 132 valence electrons. The van der Waals surface area contributed by atoms with Crippen molar-refractivity contribution in [2.75, 3.05) is 38.6 Å². The maximum atomic E-state index is 4.97. The molecule has 5 heteroatoms. The van der Waals surface area contributed by atoms with Crippen molar-refractivity contribution in [1.82, 2.24) is 19.9 Å². The minimum absolute atomic E-state index is 0.722.